The third kappa shape index (κ3) is 4.29. The summed E-state index contributed by atoms with van der Waals surface area (Å²) >= 11 is 0. The van der Waals surface area contributed by atoms with Gasteiger partial charge in [0, 0.05) is 23.5 Å². The lowest BCUT2D eigenvalue weighted by Crippen LogP contribution is -2.41. The first-order valence-electron chi connectivity index (χ1n) is 10.2. The van der Waals surface area contributed by atoms with Crippen LogP contribution in [0.1, 0.15) is 32.0 Å². The van der Waals surface area contributed by atoms with Crippen molar-refractivity contribution in [2.24, 2.45) is 0 Å². The first kappa shape index (κ1) is 20.4. The van der Waals surface area contributed by atoms with Crippen LogP contribution in [0.4, 0.5) is 0 Å². The third-order valence-corrected chi connectivity index (χ3v) is 5.16. The molecule has 0 saturated heterocycles. The molecule has 0 radical (unpaired) electrons. The second-order valence-corrected chi connectivity index (χ2v) is 7.44. The maximum atomic E-state index is 12.4. The zero-order valence-electron chi connectivity index (χ0n) is 17.7. The summed E-state index contributed by atoms with van der Waals surface area (Å²) in [6.07, 6.45) is 3.87. The Morgan fingerprint density at radius 1 is 1.00 bits per heavy atom. The minimum Gasteiger partial charge on any atom is -0.487 e. The van der Waals surface area contributed by atoms with Gasteiger partial charge in [0.15, 0.2) is 11.5 Å². The zero-order chi connectivity index (χ0) is 22.8. The quantitative estimate of drug-likeness (QED) is 0.459. The van der Waals surface area contributed by atoms with E-state index in [4.69, 9.17) is 14.2 Å². The smallest absolute Gasteiger partial charge is 0.269 e. The predicted molar refractivity (Wildman–Crippen MR) is 118 cm³/mol. The highest BCUT2D eigenvalue weighted by molar-refractivity contribution is 5.99. The van der Waals surface area contributed by atoms with Crippen molar-refractivity contribution in [2.45, 2.75) is 13.5 Å². The minimum absolute atomic E-state index is 0.121. The Morgan fingerprint density at radius 3 is 2.52 bits per heavy atom. The summed E-state index contributed by atoms with van der Waals surface area (Å²) < 4.78 is 18.2. The summed E-state index contributed by atoms with van der Waals surface area (Å²) in [7, 11) is 0. The Bertz CT molecular complexity index is 1350. The van der Waals surface area contributed by atoms with E-state index in [-0.39, 0.29) is 6.79 Å². The van der Waals surface area contributed by atoms with Crippen molar-refractivity contribution < 1.29 is 23.8 Å². The lowest BCUT2D eigenvalue weighted by molar-refractivity contribution is 0.0846. The number of carbonyl (C=O) groups excluding carboxylic acids is 2. The number of hydrogen-bond donors (Lipinski definition) is 2. The van der Waals surface area contributed by atoms with E-state index >= 15 is 0 Å². The summed E-state index contributed by atoms with van der Waals surface area (Å²) in [6.45, 7) is 2.43. The van der Waals surface area contributed by atoms with Gasteiger partial charge < -0.3 is 18.6 Å². The van der Waals surface area contributed by atoms with E-state index in [2.05, 4.69) is 15.8 Å². The summed E-state index contributed by atoms with van der Waals surface area (Å²) in [5, 5.41) is 0. The maximum Gasteiger partial charge on any atom is 0.269 e. The molecule has 0 spiro atoms. The fourth-order valence-electron chi connectivity index (χ4n) is 3.43. The molecule has 1 aliphatic heterocycles. The first-order valence-corrected chi connectivity index (χ1v) is 10.2. The number of hydrogen-bond acceptors (Lipinski definition) is 6. The van der Waals surface area contributed by atoms with Crippen molar-refractivity contribution in [3.8, 4) is 17.2 Å². The molecule has 0 aliphatic carbocycles. The Morgan fingerprint density at radius 2 is 1.73 bits per heavy atom. The molecule has 2 amide bonds. The average molecular weight is 444 g/mol. The predicted octanol–water partition coefficient (Wildman–Crippen LogP) is 3.03. The van der Waals surface area contributed by atoms with Crippen LogP contribution in [-0.4, -0.2) is 28.0 Å². The molecule has 0 unspecified atom stereocenters. The largest absolute Gasteiger partial charge is 0.487 e. The Kier molecular flexibility index (Phi) is 5.27. The van der Waals surface area contributed by atoms with Crippen molar-refractivity contribution in [2.75, 3.05) is 6.79 Å². The summed E-state index contributed by atoms with van der Waals surface area (Å²) in [5.74, 6) is 0.748. The normalized spacial score (nSPS) is 11.9. The lowest BCUT2D eigenvalue weighted by atomic mass is 10.2. The van der Waals surface area contributed by atoms with Crippen LogP contribution in [0.15, 0.2) is 67.0 Å². The van der Waals surface area contributed by atoms with Crippen molar-refractivity contribution in [3.63, 3.8) is 0 Å². The number of benzene rings is 2. The van der Waals surface area contributed by atoms with Crippen LogP contribution in [0, 0.1) is 6.92 Å². The number of imidazole rings is 1. The van der Waals surface area contributed by atoms with Gasteiger partial charge in [-0.3, -0.25) is 20.4 Å². The van der Waals surface area contributed by atoms with Crippen LogP contribution < -0.4 is 25.1 Å². The third-order valence-electron chi connectivity index (χ3n) is 5.16. The lowest BCUT2D eigenvalue weighted by Gasteiger charge is -2.09. The van der Waals surface area contributed by atoms with Gasteiger partial charge in [-0.15, -0.1) is 0 Å². The highest BCUT2D eigenvalue weighted by atomic mass is 16.7. The highest BCUT2D eigenvalue weighted by Gasteiger charge is 2.17. The van der Waals surface area contributed by atoms with E-state index in [1.807, 2.05) is 35.9 Å². The number of carbonyl (C=O) groups is 2. The molecule has 0 atom stereocenters. The van der Waals surface area contributed by atoms with Gasteiger partial charge in [-0.05, 0) is 61.0 Å². The van der Waals surface area contributed by atoms with Crippen molar-refractivity contribution in [3.05, 3.63) is 89.4 Å². The topological polar surface area (TPSA) is 103 Å². The molecule has 3 heterocycles. The fourth-order valence-corrected chi connectivity index (χ4v) is 3.43. The second kappa shape index (κ2) is 8.54. The van der Waals surface area contributed by atoms with Gasteiger partial charge in [-0.25, -0.2) is 4.98 Å². The molecule has 0 fully saturated rings. The van der Waals surface area contributed by atoms with E-state index < -0.39 is 11.8 Å². The molecule has 0 saturated carbocycles. The number of fused-ring (bicyclic) bond motifs is 2. The summed E-state index contributed by atoms with van der Waals surface area (Å²) in [4.78, 5) is 29.2. The maximum absolute atomic E-state index is 12.4. The van der Waals surface area contributed by atoms with E-state index in [9.17, 15) is 9.59 Å². The van der Waals surface area contributed by atoms with E-state index in [1.54, 1.807) is 42.5 Å². The number of aryl methyl sites for hydroxylation is 1. The number of hydrazine groups is 1. The van der Waals surface area contributed by atoms with Crippen LogP contribution in [0.3, 0.4) is 0 Å². The molecule has 2 aromatic heterocycles. The van der Waals surface area contributed by atoms with Gasteiger partial charge in [0.25, 0.3) is 11.8 Å². The van der Waals surface area contributed by atoms with Gasteiger partial charge in [0.2, 0.25) is 6.79 Å². The number of nitrogens with zero attached hydrogens (tertiary/aromatic N) is 2. The molecular formula is C24H20N4O5. The van der Waals surface area contributed by atoms with Crippen LogP contribution in [0.2, 0.25) is 0 Å². The Hall–Kier alpha value is -4.53. The molecule has 9 nitrogen and oxygen atoms in total. The zero-order valence-corrected chi connectivity index (χ0v) is 17.7. The Balaban J connectivity index is 1.15. The molecule has 1 aliphatic rings. The molecule has 9 heteroatoms. The van der Waals surface area contributed by atoms with Gasteiger partial charge in [-0.2, -0.15) is 0 Å². The van der Waals surface area contributed by atoms with Gasteiger partial charge in [0.05, 0.1) is 5.69 Å². The number of nitrogens with one attached hydrogen (secondary N) is 2. The first-order chi connectivity index (χ1) is 16.1. The molecule has 166 valence electrons. The summed E-state index contributed by atoms with van der Waals surface area (Å²) in [5.41, 5.74) is 8.28. The fraction of sp³-hybridized carbons (Fsp3) is 0.125. The van der Waals surface area contributed by atoms with Crippen LogP contribution >= 0.6 is 0 Å². The van der Waals surface area contributed by atoms with Crippen molar-refractivity contribution in [1.29, 1.82) is 0 Å². The second-order valence-electron chi connectivity index (χ2n) is 7.44. The highest BCUT2D eigenvalue weighted by Crippen LogP contribution is 2.32. The van der Waals surface area contributed by atoms with Crippen LogP contribution in [0.5, 0.6) is 17.2 Å². The number of pyridine rings is 1. The number of aromatic nitrogens is 2. The van der Waals surface area contributed by atoms with E-state index in [0.717, 1.165) is 16.9 Å². The minimum atomic E-state index is -0.468. The molecule has 2 aromatic carbocycles. The molecule has 33 heavy (non-hydrogen) atoms. The average Bonchev–Trinajstić information content (AvgIpc) is 3.48. The standard InChI is InChI=1S/C24H20N4O5/c1-15-3-2-10-28-12-18(25-22(15)28)13-31-19-7-4-16(5-8-19)23(29)26-27-24(30)17-6-9-20-21(11-17)33-14-32-20/h2-12H,13-14H2,1H3,(H,26,29)(H,27,30). The van der Waals surface area contributed by atoms with E-state index in [1.165, 1.54) is 0 Å². The van der Waals surface area contributed by atoms with Gasteiger partial charge in [-0.1, -0.05) is 6.07 Å². The number of rotatable bonds is 5. The van der Waals surface area contributed by atoms with Crippen molar-refractivity contribution in [1.82, 2.24) is 20.2 Å². The monoisotopic (exact) mass is 444 g/mol. The molecule has 5 rings (SSSR count). The van der Waals surface area contributed by atoms with Crippen LogP contribution in [-0.2, 0) is 6.61 Å². The van der Waals surface area contributed by atoms with Gasteiger partial charge >= 0.3 is 0 Å². The molecule has 0 bridgehead atoms. The summed E-state index contributed by atoms with van der Waals surface area (Å²) in [6, 6.07) is 15.4. The molecular weight excluding hydrogens is 424 g/mol. The van der Waals surface area contributed by atoms with Crippen LogP contribution in [0.25, 0.3) is 5.65 Å². The number of amides is 2. The Labute approximate surface area is 188 Å². The number of ether oxygens (including phenoxy) is 3. The molecule has 4 aromatic rings. The van der Waals surface area contributed by atoms with Crippen molar-refractivity contribution >= 4 is 17.5 Å². The molecule has 2 N–H and O–H groups in total. The van der Waals surface area contributed by atoms with E-state index in [0.29, 0.717) is 35.0 Å². The SMILES string of the molecule is Cc1cccn2cc(COc3ccc(C(=O)NNC(=O)c4ccc5c(c4)OCO5)cc3)nc12. The van der Waals surface area contributed by atoms with Gasteiger partial charge in [0.1, 0.15) is 18.0 Å².